The van der Waals surface area contributed by atoms with E-state index in [0.717, 1.165) is 49.7 Å². The Bertz CT molecular complexity index is 2600. The number of ketones is 2. The molecule has 1 aliphatic carbocycles. The normalized spacial score (nSPS) is 12.5. The molecule has 0 spiro atoms. The van der Waals surface area contributed by atoms with Crippen molar-refractivity contribution in [3.63, 3.8) is 0 Å². The van der Waals surface area contributed by atoms with Crippen molar-refractivity contribution in [2.75, 3.05) is 4.90 Å². The Morgan fingerprint density at radius 2 is 0.857 bits per heavy atom. The molecule has 3 heteroatoms. The molecule has 49 heavy (non-hydrogen) atoms. The van der Waals surface area contributed by atoms with Gasteiger partial charge in [-0.2, -0.15) is 0 Å². The van der Waals surface area contributed by atoms with Gasteiger partial charge in [0.15, 0.2) is 11.6 Å². The summed E-state index contributed by atoms with van der Waals surface area (Å²) >= 11 is 0. The van der Waals surface area contributed by atoms with E-state index in [1.807, 2.05) is 54.6 Å². The van der Waals surface area contributed by atoms with Crippen LogP contribution in [0.15, 0.2) is 175 Å². The third-order valence-electron chi connectivity index (χ3n) is 9.48. The molecule has 3 nitrogen and oxygen atoms in total. The number of carbonyl (C=O) groups excluding carboxylic acids is 2. The number of hydrogen-bond acceptors (Lipinski definition) is 3. The fraction of sp³-hybridized carbons (Fsp3) is 0. The molecule has 230 valence electrons. The predicted molar refractivity (Wildman–Crippen MR) is 202 cm³/mol. The van der Waals surface area contributed by atoms with E-state index >= 15 is 0 Å². The van der Waals surface area contributed by atoms with Crippen molar-refractivity contribution in [1.29, 1.82) is 0 Å². The van der Waals surface area contributed by atoms with Crippen LogP contribution in [-0.4, -0.2) is 11.6 Å². The van der Waals surface area contributed by atoms with Crippen LogP contribution >= 0.6 is 0 Å². The molecule has 0 radical (unpaired) electrons. The minimum absolute atomic E-state index is 0.210. The minimum Gasteiger partial charge on any atom is -0.310 e. The molecule has 9 rings (SSSR count). The summed E-state index contributed by atoms with van der Waals surface area (Å²) in [7, 11) is 0. The highest BCUT2D eigenvalue weighted by molar-refractivity contribution is 6.42. The highest BCUT2D eigenvalue weighted by Gasteiger charge is 2.33. The van der Waals surface area contributed by atoms with Crippen LogP contribution in [-0.2, 0) is 0 Å². The van der Waals surface area contributed by atoms with Gasteiger partial charge in [0, 0.05) is 28.2 Å². The fourth-order valence-electron chi connectivity index (χ4n) is 7.01. The van der Waals surface area contributed by atoms with Crippen LogP contribution in [0.3, 0.4) is 0 Å². The smallest absolute Gasteiger partial charge is 0.197 e. The summed E-state index contributed by atoms with van der Waals surface area (Å²) in [6.07, 6.45) is 1.74. The molecule has 0 bridgehead atoms. The second-order valence-corrected chi connectivity index (χ2v) is 12.5. The molecule has 0 fully saturated rings. The Morgan fingerprint density at radius 1 is 0.367 bits per heavy atom. The quantitative estimate of drug-likeness (QED) is 0.141. The lowest BCUT2D eigenvalue weighted by molar-refractivity contribution is 0.0990. The molecule has 0 N–H and O–H groups in total. The Hall–Kier alpha value is -6.58. The van der Waals surface area contributed by atoms with E-state index in [2.05, 4.69) is 120 Å². The van der Waals surface area contributed by atoms with Crippen LogP contribution in [0, 0.1) is 0 Å². The zero-order valence-electron chi connectivity index (χ0n) is 26.5. The van der Waals surface area contributed by atoms with Gasteiger partial charge in [-0.15, -0.1) is 0 Å². The summed E-state index contributed by atoms with van der Waals surface area (Å²) in [6, 6.07) is 58.1. The van der Waals surface area contributed by atoms with E-state index in [0.29, 0.717) is 11.1 Å². The molecule has 1 aliphatic rings. The van der Waals surface area contributed by atoms with Gasteiger partial charge in [0.05, 0.1) is 5.57 Å². The van der Waals surface area contributed by atoms with E-state index in [9.17, 15) is 9.59 Å². The standard InChI is InChI=1S/C46H29NO2/c48-45-42-28-35-13-6-7-14-36(35)29-43(42)46(49)44(45)24-30-17-18-38-27-41(22-20-37(38)23-30)47(40-21-19-32-11-4-5-12-33(32)26-40)39-16-8-15-34(25-39)31-9-2-1-3-10-31/h1-29H. The van der Waals surface area contributed by atoms with E-state index in [-0.39, 0.29) is 17.1 Å². The molecule has 0 atom stereocenters. The SMILES string of the molecule is O=C1C(=Cc2ccc3cc(N(c4cccc(-c5ccccc5)c4)c4ccc5ccccc5c4)ccc3c2)C(=O)c2cc3ccccc3cc21. The number of allylic oxidation sites excluding steroid dienone is 1. The van der Waals surface area contributed by atoms with E-state index in [1.54, 1.807) is 6.08 Å². The highest BCUT2D eigenvalue weighted by Crippen LogP contribution is 2.39. The van der Waals surface area contributed by atoms with Gasteiger partial charge < -0.3 is 4.90 Å². The Labute approximate surface area is 284 Å². The topological polar surface area (TPSA) is 37.4 Å². The fourth-order valence-corrected chi connectivity index (χ4v) is 7.01. The lowest BCUT2D eigenvalue weighted by atomic mass is 10.0. The summed E-state index contributed by atoms with van der Waals surface area (Å²) < 4.78 is 0. The van der Waals surface area contributed by atoms with E-state index < -0.39 is 0 Å². The summed E-state index contributed by atoms with van der Waals surface area (Å²) in [5.41, 5.74) is 7.45. The Morgan fingerprint density at radius 3 is 1.53 bits per heavy atom. The third-order valence-corrected chi connectivity index (χ3v) is 9.48. The first kappa shape index (κ1) is 28.6. The van der Waals surface area contributed by atoms with Gasteiger partial charge >= 0.3 is 0 Å². The molecule has 8 aromatic rings. The Kier molecular flexibility index (Phi) is 6.77. The van der Waals surface area contributed by atoms with Gasteiger partial charge in [0.1, 0.15) is 0 Å². The van der Waals surface area contributed by atoms with Crippen molar-refractivity contribution in [2.24, 2.45) is 0 Å². The van der Waals surface area contributed by atoms with Gasteiger partial charge in [-0.25, -0.2) is 0 Å². The van der Waals surface area contributed by atoms with Crippen LogP contribution in [0.2, 0.25) is 0 Å². The number of anilines is 3. The molecular weight excluding hydrogens is 599 g/mol. The summed E-state index contributed by atoms with van der Waals surface area (Å²) in [4.78, 5) is 29.1. The first-order valence-corrected chi connectivity index (χ1v) is 16.4. The zero-order chi connectivity index (χ0) is 32.9. The monoisotopic (exact) mass is 627 g/mol. The molecule has 0 aliphatic heterocycles. The molecule has 0 unspecified atom stereocenters. The molecular formula is C46H29NO2. The van der Waals surface area contributed by atoms with Gasteiger partial charge in [0.25, 0.3) is 0 Å². The van der Waals surface area contributed by atoms with Crippen molar-refractivity contribution < 1.29 is 9.59 Å². The molecule has 0 aromatic heterocycles. The first-order chi connectivity index (χ1) is 24.1. The lowest BCUT2D eigenvalue weighted by Crippen LogP contribution is -2.10. The van der Waals surface area contributed by atoms with Gasteiger partial charge in [-0.1, -0.05) is 115 Å². The second kappa shape index (κ2) is 11.6. The number of benzene rings is 8. The number of fused-ring (bicyclic) bond motifs is 4. The maximum absolute atomic E-state index is 13.4. The van der Waals surface area contributed by atoms with Gasteiger partial charge in [-0.3, -0.25) is 9.59 Å². The summed E-state index contributed by atoms with van der Waals surface area (Å²) in [6.45, 7) is 0. The van der Waals surface area contributed by atoms with Crippen LogP contribution in [0.25, 0.3) is 49.5 Å². The van der Waals surface area contributed by atoms with Gasteiger partial charge in [0.2, 0.25) is 0 Å². The van der Waals surface area contributed by atoms with Crippen molar-refractivity contribution in [1.82, 2.24) is 0 Å². The maximum atomic E-state index is 13.4. The molecule has 0 heterocycles. The number of carbonyl (C=O) groups is 2. The largest absolute Gasteiger partial charge is 0.310 e. The second-order valence-electron chi connectivity index (χ2n) is 12.5. The summed E-state index contributed by atoms with van der Waals surface area (Å²) in [5, 5.41) is 6.36. The zero-order valence-corrected chi connectivity index (χ0v) is 26.5. The van der Waals surface area contributed by atoms with Crippen molar-refractivity contribution in [3.8, 4) is 11.1 Å². The molecule has 0 saturated heterocycles. The van der Waals surface area contributed by atoms with Crippen LogP contribution in [0.4, 0.5) is 17.1 Å². The van der Waals surface area contributed by atoms with Crippen molar-refractivity contribution in [3.05, 3.63) is 192 Å². The number of hydrogen-bond donors (Lipinski definition) is 0. The minimum atomic E-state index is -0.218. The maximum Gasteiger partial charge on any atom is 0.197 e. The van der Waals surface area contributed by atoms with Crippen molar-refractivity contribution in [2.45, 2.75) is 0 Å². The average Bonchev–Trinajstić information content (AvgIpc) is 3.38. The number of Topliss-reactive ketones (excluding diaryl/α,β-unsaturated/α-hetero) is 2. The highest BCUT2D eigenvalue weighted by atomic mass is 16.2. The number of nitrogens with zero attached hydrogens (tertiary/aromatic N) is 1. The first-order valence-electron chi connectivity index (χ1n) is 16.4. The molecule has 0 amide bonds. The predicted octanol–water partition coefficient (Wildman–Crippen LogP) is 11.7. The number of rotatable bonds is 5. The molecule has 8 aromatic carbocycles. The average molecular weight is 628 g/mol. The van der Waals surface area contributed by atoms with E-state index in [4.69, 9.17) is 0 Å². The lowest BCUT2D eigenvalue weighted by Gasteiger charge is -2.27. The summed E-state index contributed by atoms with van der Waals surface area (Å²) in [5.74, 6) is -0.435. The van der Waals surface area contributed by atoms with Crippen molar-refractivity contribution >= 4 is 67.0 Å². The van der Waals surface area contributed by atoms with Crippen LogP contribution in [0.1, 0.15) is 26.3 Å². The molecule has 0 saturated carbocycles. The van der Waals surface area contributed by atoms with Gasteiger partial charge in [-0.05, 0) is 110 Å². The van der Waals surface area contributed by atoms with Crippen LogP contribution in [0.5, 0.6) is 0 Å². The van der Waals surface area contributed by atoms with E-state index in [1.165, 1.54) is 16.3 Å². The Balaban J connectivity index is 1.11. The van der Waals surface area contributed by atoms with Crippen LogP contribution < -0.4 is 4.90 Å². The third kappa shape index (κ3) is 5.09.